The third-order valence-corrected chi connectivity index (χ3v) is 1.34. The van der Waals surface area contributed by atoms with Gasteiger partial charge in [0.2, 0.25) is 0 Å². The van der Waals surface area contributed by atoms with E-state index in [0.717, 1.165) is 0 Å². The minimum absolute atomic E-state index is 0.0110. The number of carbonyl (C=O) groups is 2. The summed E-state index contributed by atoms with van der Waals surface area (Å²) in [7, 11) is 1.30. The van der Waals surface area contributed by atoms with E-state index >= 15 is 0 Å². The molecule has 5 nitrogen and oxygen atoms in total. The van der Waals surface area contributed by atoms with E-state index in [0.29, 0.717) is 6.42 Å². The van der Waals surface area contributed by atoms with E-state index in [9.17, 15) is 9.59 Å². The molecule has 13 heavy (non-hydrogen) atoms. The molecule has 1 N–H and O–H groups in total. The van der Waals surface area contributed by atoms with Crippen molar-refractivity contribution in [2.45, 2.75) is 19.3 Å². The first-order valence-electron chi connectivity index (χ1n) is 4.04. The Kier molecular flexibility index (Phi) is 6.91. The lowest BCUT2D eigenvalue weighted by atomic mass is 10.2. The summed E-state index contributed by atoms with van der Waals surface area (Å²) in [4.78, 5) is 21.4. The fourth-order valence-electron chi connectivity index (χ4n) is 0.711. The maximum atomic E-state index is 10.8. The van der Waals surface area contributed by atoms with Crippen molar-refractivity contribution in [1.29, 1.82) is 0 Å². The molecule has 0 aliphatic heterocycles. The quantitative estimate of drug-likeness (QED) is 0.590. The first kappa shape index (κ1) is 11.9. The second kappa shape index (κ2) is 7.54. The summed E-state index contributed by atoms with van der Waals surface area (Å²) in [5.74, 6) is -0.743. The van der Waals surface area contributed by atoms with Gasteiger partial charge in [-0.15, -0.1) is 0 Å². The van der Waals surface area contributed by atoms with Crippen LogP contribution >= 0.6 is 0 Å². The van der Waals surface area contributed by atoms with E-state index < -0.39 is 5.97 Å². The third kappa shape index (κ3) is 7.27. The molecule has 0 rings (SSSR count). The zero-order chi connectivity index (χ0) is 10.1. The third-order valence-electron chi connectivity index (χ3n) is 1.34. The van der Waals surface area contributed by atoms with Crippen LogP contribution in [0.5, 0.6) is 0 Å². The lowest BCUT2D eigenvalue weighted by Crippen LogP contribution is -2.09. The lowest BCUT2D eigenvalue weighted by molar-refractivity contribution is -0.145. The van der Waals surface area contributed by atoms with Gasteiger partial charge in [0.05, 0.1) is 13.7 Å². The van der Waals surface area contributed by atoms with Crippen molar-refractivity contribution in [2.75, 3.05) is 20.3 Å². The fourth-order valence-corrected chi connectivity index (χ4v) is 0.711. The van der Waals surface area contributed by atoms with Gasteiger partial charge < -0.3 is 14.6 Å². The molecule has 0 aliphatic rings. The number of hydrogen-bond acceptors (Lipinski definition) is 5. The molecule has 0 spiro atoms. The highest BCUT2D eigenvalue weighted by Crippen LogP contribution is 1.98. The smallest absolute Gasteiger partial charge is 0.305 e. The number of rotatable bonds is 6. The minimum Gasteiger partial charge on any atom is -0.469 e. The zero-order valence-corrected chi connectivity index (χ0v) is 7.62. The molecule has 0 aromatic carbocycles. The van der Waals surface area contributed by atoms with Crippen LogP contribution in [0.4, 0.5) is 0 Å². The molecule has 0 fully saturated rings. The van der Waals surface area contributed by atoms with Crippen molar-refractivity contribution in [3.63, 3.8) is 0 Å². The van der Waals surface area contributed by atoms with Gasteiger partial charge in [-0.1, -0.05) is 0 Å². The van der Waals surface area contributed by atoms with Gasteiger partial charge in [-0.3, -0.25) is 9.59 Å². The topological polar surface area (TPSA) is 72.8 Å². The van der Waals surface area contributed by atoms with Crippen molar-refractivity contribution >= 4 is 11.9 Å². The van der Waals surface area contributed by atoms with E-state index in [4.69, 9.17) is 5.11 Å². The number of ether oxygens (including phenoxy) is 2. The first-order valence-corrected chi connectivity index (χ1v) is 4.04. The Morgan fingerprint density at radius 1 is 1.23 bits per heavy atom. The van der Waals surface area contributed by atoms with Gasteiger partial charge in [-0.25, -0.2) is 0 Å². The number of hydrogen-bond donors (Lipinski definition) is 1. The number of methoxy groups -OCH3 is 1. The van der Waals surface area contributed by atoms with Crippen molar-refractivity contribution in [3.05, 3.63) is 0 Å². The Hall–Kier alpha value is -1.10. The van der Waals surface area contributed by atoms with Crippen LogP contribution in [0.25, 0.3) is 0 Å². The predicted octanol–water partition coefficient (Wildman–Crippen LogP) is -0.135. The van der Waals surface area contributed by atoms with Crippen molar-refractivity contribution in [3.8, 4) is 0 Å². The maximum Gasteiger partial charge on any atom is 0.305 e. The molecule has 0 atom stereocenters. The Bertz CT molecular complexity index is 166. The summed E-state index contributed by atoms with van der Waals surface area (Å²) in [6.45, 7) is -0.167. The lowest BCUT2D eigenvalue weighted by Gasteiger charge is -2.01. The molecule has 0 amide bonds. The highest BCUT2D eigenvalue weighted by molar-refractivity contribution is 5.72. The van der Waals surface area contributed by atoms with Gasteiger partial charge in [0.15, 0.2) is 0 Å². The highest BCUT2D eigenvalue weighted by atomic mass is 16.5. The molecule has 0 radical (unpaired) electrons. The summed E-state index contributed by atoms with van der Waals surface area (Å²) in [5, 5.41) is 8.32. The van der Waals surface area contributed by atoms with Gasteiger partial charge >= 0.3 is 11.9 Å². The summed E-state index contributed by atoms with van der Waals surface area (Å²) >= 11 is 0. The first-order chi connectivity index (χ1) is 6.20. The Balaban J connectivity index is 3.31. The van der Waals surface area contributed by atoms with E-state index in [2.05, 4.69) is 9.47 Å². The van der Waals surface area contributed by atoms with E-state index in [1.165, 1.54) is 7.11 Å². The molecule has 0 aromatic heterocycles. The zero-order valence-electron chi connectivity index (χ0n) is 7.62. The van der Waals surface area contributed by atoms with Crippen molar-refractivity contribution in [1.82, 2.24) is 0 Å². The molecule has 0 saturated heterocycles. The van der Waals surface area contributed by atoms with Gasteiger partial charge in [0.25, 0.3) is 0 Å². The summed E-state index contributed by atoms with van der Waals surface area (Å²) < 4.78 is 8.95. The predicted molar refractivity (Wildman–Crippen MR) is 43.9 cm³/mol. The van der Waals surface area contributed by atoms with Crippen molar-refractivity contribution < 1.29 is 24.2 Å². The van der Waals surface area contributed by atoms with Crippen molar-refractivity contribution in [2.24, 2.45) is 0 Å². The molecule has 5 heteroatoms. The molecule has 76 valence electrons. The van der Waals surface area contributed by atoms with Crippen LogP contribution in [0.15, 0.2) is 0 Å². The van der Waals surface area contributed by atoms with E-state index in [1.54, 1.807) is 0 Å². The van der Waals surface area contributed by atoms with Crippen LogP contribution in [0, 0.1) is 0 Å². The maximum absolute atomic E-state index is 10.8. The molecular formula is C8H14O5. The highest BCUT2D eigenvalue weighted by Gasteiger charge is 2.05. The summed E-state index contributed by atoms with van der Waals surface area (Å²) in [5.41, 5.74) is 0. The van der Waals surface area contributed by atoms with Crippen LogP contribution in [0.3, 0.4) is 0 Å². The molecule has 0 bridgehead atoms. The molecule has 0 aliphatic carbocycles. The Labute approximate surface area is 76.6 Å². The number of carbonyl (C=O) groups excluding carboxylic acids is 2. The standard InChI is InChI=1S/C8H14O5/c1-12-7(10)3-2-4-8(11)13-6-5-9/h9H,2-6H2,1H3. The van der Waals surface area contributed by atoms with Crippen LogP contribution in [0.1, 0.15) is 19.3 Å². The van der Waals surface area contributed by atoms with Gasteiger partial charge in [-0.2, -0.15) is 0 Å². The van der Waals surface area contributed by atoms with Gasteiger partial charge in [-0.05, 0) is 6.42 Å². The van der Waals surface area contributed by atoms with Gasteiger partial charge in [0, 0.05) is 12.8 Å². The molecule has 0 unspecified atom stereocenters. The normalized spacial score (nSPS) is 9.38. The Morgan fingerprint density at radius 3 is 2.38 bits per heavy atom. The number of aliphatic hydroxyl groups is 1. The average molecular weight is 190 g/mol. The largest absolute Gasteiger partial charge is 0.469 e. The van der Waals surface area contributed by atoms with Gasteiger partial charge in [0.1, 0.15) is 6.61 Å². The Morgan fingerprint density at radius 2 is 1.85 bits per heavy atom. The van der Waals surface area contributed by atoms with Crippen LogP contribution in [0.2, 0.25) is 0 Å². The van der Waals surface area contributed by atoms with Crippen LogP contribution < -0.4 is 0 Å². The summed E-state index contributed by atoms with van der Waals surface area (Å²) in [6.07, 6.45) is 0.802. The monoisotopic (exact) mass is 190 g/mol. The minimum atomic E-state index is -0.405. The second-order valence-electron chi connectivity index (χ2n) is 2.37. The molecule has 0 heterocycles. The molecule has 0 saturated carbocycles. The molecular weight excluding hydrogens is 176 g/mol. The SMILES string of the molecule is COC(=O)CCCC(=O)OCCO. The van der Waals surface area contributed by atoms with E-state index in [-0.39, 0.29) is 32.0 Å². The average Bonchev–Trinajstić information content (AvgIpc) is 2.14. The number of esters is 2. The van der Waals surface area contributed by atoms with E-state index in [1.807, 2.05) is 0 Å². The van der Waals surface area contributed by atoms with Crippen LogP contribution in [-0.2, 0) is 19.1 Å². The van der Waals surface area contributed by atoms with Crippen LogP contribution in [-0.4, -0.2) is 37.4 Å². The second-order valence-corrected chi connectivity index (χ2v) is 2.37. The summed E-state index contributed by atoms with van der Waals surface area (Å²) in [6, 6.07) is 0. The number of aliphatic hydroxyl groups excluding tert-OH is 1. The molecule has 0 aromatic rings. The fraction of sp³-hybridized carbons (Fsp3) is 0.750.